The zero-order valence-electron chi connectivity index (χ0n) is 32.6. The molecule has 0 saturated heterocycles. The first-order chi connectivity index (χ1) is 26.2. The minimum absolute atomic E-state index is 0.0791. The Hall–Kier alpha value is -5.36. The number of nitrogens with zero attached hydrogens (tertiary/aromatic N) is 4. The Balaban J connectivity index is 1.57. The molecule has 0 unspecified atom stereocenters. The summed E-state index contributed by atoms with van der Waals surface area (Å²) >= 11 is 0. The number of ketones is 1. The molecule has 0 aliphatic carbocycles. The quantitative estimate of drug-likeness (QED) is 0.0660. The summed E-state index contributed by atoms with van der Waals surface area (Å²) in [5.74, 6) is 2.37. The molecule has 0 amide bonds. The van der Waals surface area contributed by atoms with Crippen LogP contribution in [-0.4, -0.2) is 97.8 Å². The lowest BCUT2D eigenvalue weighted by Gasteiger charge is -2.18. The number of ether oxygens (including phenoxy) is 5. The lowest BCUT2D eigenvalue weighted by Crippen LogP contribution is -2.12. The van der Waals surface area contributed by atoms with Crippen LogP contribution in [-0.2, 0) is 16.0 Å². The molecule has 0 bridgehead atoms. The Labute approximate surface area is 319 Å². The Morgan fingerprint density at radius 3 is 1.76 bits per heavy atom. The lowest BCUT2D eigenvalue weighted by atomic mass is 10.0. The van der Waals surface area contributed by atoms with E-state index in [2.05, 4.69) is 62.9 Å². The van der Waals surface area contributed by atoms with E-state index >= 15 is 0 Å². The smallest absolute Gasteiger partial charge is 0.203 e. The van der Waals surface area contributed by atoms with Gasteiger partial charge in [0.25, 0.3) is 0 Å². The van der Waals surface area contributed by atoms with Gasteiger partial charge in [-0.25, -0.2) is 4.98 Å². The molecule has 2 N–H and O–H groups in total. The Bertz CT molecular complexity index is 1930. The molecule has 286 valence electrons. The number of benzene rings is 4. The van der Waals surface area contributed by atoms with Crippen LogP contribution in [0.3, 0.4) is 0 Å². The highest BCUT2D eigenvalue weighted by molar-refractivity contribution is 5.96. The van der Waals surface area contributed by atoms with Crippen molar-refractivity contribution in [2.45, 2.75) is 19.4 Å². The van der Waals surface area contributed by atoms with E-state index in [0.717, 1.165) is 50.8 Å². The number of nitrogens with two attached hydrogens (primary N) is 1. The Morgan fingerprint density at radius 2 is 1.24 bits per heavy atom. The minimum Gasteiger partial charge on any atom is -0.493 e. The fourth-order valence-electron chi connectivity index (χ4n) is 6.23. The van der Waals surface area contributed by atoms with Crippen LogP contribution in [0.25, 0.3) is 33.9 Å². The number of Topliss-reactive ketones (excluding diaryl/α,β-unsaturated/α-hetero) is 1. The summed E-state index contributed by atoms with van der Waals surface area (Å²) in [5, 5.41) is 0. The second-order valence-electron chi connectivity index (χ2n) is 13.3. The van der Waals surface area contributed by atoms with Crippen LogP contribution >= 0.6 is 0 Å². The van der Waals surface area contributed by atoms with E-state index in [0.29, 0.717) is 75.2 Å². The van der Waals surface area contributed by atoms with Crippen LogP contribution in [0.15, 0.2) is 84.9 Å². The van der Waals surface area contributed by atoms with E-state index in [1.807, 2.05) is 64.6 Å². The largest absolute Gasteiger partial charge is 0.493 e. The molecule has 11 nitrogen and oxygen atoms in total. The predicted octanol–water partition coefficient (Wildman–Crippen LogP) is 7.05. The van der Waals surface area contributed by atoms with Crippen LogP contribution < -0.4 is 29.7 Å². The fourth-order valence-corrected chi connectivity index (χ4v) is 6.23. The molecule has 0 radical (unpaired) electrons. The summed E-state index contributed by atoms with van der Waals surface area (Å²) in [7, 11) is 12.9. The zero-order valence-corrected chi connectivity index (χ0v) is 32.6. The fraction of sp³-hybridized carbons (Fsp3) is 0.349. The van der Waals surface area contributed by atoms with Gasteiger partial charge in [-0.15, -0.1) is 0 Å². The summed E-state index contributed by atoms with van der Waals surface area (Å²) in [6, 6.07) is 28.6. The lowest BCUT2D eigenvalue weighted by molar-refractivity contribution is 0.0489. The van der Waals surface area contributed by atoms with Gasteiger partial charge in [-0.05, 0) is 48.4 Å². The highest BCUT2D eigenvalue weighted by Gasteiger charge is 2.24. The number of aromatic nitrogens is 2. The van der Waals surface area contributed by atoms with Crippen LogP contribution in [0.2, 0.25) is 0 Å². The number of rotatable bonds is 20. The van der Waals surface area contributed by atoms with E-state index in [4.69, 9.17) is 34.4 Å². The molecule has 1 aromatic heterocycles. The summed E-state index contributed by atoms with van der Waals surface area (Å²) < 4.78 is 30.4. The molecule has 0 spiro atoms. The van der Waals surface area contributed by atoms with Gasteiger partial charge < -0.3 is 43.8 Å². The van der Waals surface area contributed by atoms with Crippen LogP contribution in [0.4, 0.5) is 11.4 Å². The Kier molecular flexibility index (Phi) is 14.1. The molecule has 11 heteroatoms. The average Bonchev–Trinajstić information content (AvgIpc) is 3.57. The van der Waals surface area contributed by atoms with Gasteiger partial charge in [0.05, 0.1) is 52.5 Å². The van der Waals surface area contributed by atoms with Gasteiger partial charge >= 0.3 is 0 Å². The maximum Gasteiger partial charge on any atom is 0.203 e. The number of anilines is 2. The van der Waals surface area contributed by atoms with Crippen molar-refractivity contribution >= 4 is 17.2 Å². The molecule has 5 aromatic rings. The van der Waals surface area contributed by atoms with E-state index in [1.54, 1.807) is 21.3 Å². The van der Waals surface area contributed by atoms with E-state index in [9.17, 15) is 4.79 Å². The van der Waals surface area contributed by atoms with E-state index < -0.39 is 0 Å². The molecule has 54 heavy (non-hydrogen) atoms. The third-order valence-electron chi connectivity index (χ3n) is 9.15. The van der Waals surface area contributed by atoms with Gasteiger partial charge in [-0.2, -0.15) is 0 Å². The highest BCUT2D eigenvalue weighted by Crippen LogP contribution is 2.44. The first kappa shape index (κ1) is 39.8. The highest BCUT2D eigenvalue weighted by atomic mass is 16.5. The van der Waals surface area contributed by atoms with Gasteiger partial charge in [0.2, 0.25) is 5.75 Å². The topological polar surface area (TPSA) is 114 Å². The summed E-state index contributed by atoms with van der Waals surface area (Å²) in [4.78, 5) is 22.6. The molecule has 5 rings (SSSR count). The number of carbonyl (C=O) groups is 1. The molecule has 0 saturated carbocycles. The van der Waals surface area contributed by atoms with E-state index in [1.165, 1.54) is 0 Å². The van der Waals surface area contributed by atoms with Gasteiger partial charge in [0, 0.05) is 87.9 Å². The Morgan fingerprint density at radius 1 is 0.685 bits per heavy atom. The first-order valence-electron chi connectivity index (χ1n) is 18.1. The van der Waals surface area contributed by atoms with Crippen LogP contribution in [0.1, 0.15) is 28.8 Å². The molecule has 4 aromatic carbocycles. The third kappa shape index (κ3) is 9.59. The number of methoxy groups -OCH3 is 3. The predicted molar refractivity (Wildman–Crippen MR) is 217 cm³/mol. The molecule has 0 aliphatic heterocycles. The van der Waals surface area contributed by atoms with Crippen molar-refractivity contribution in [3.63, 3.8) is 0 Å². The monoisotopic (exact) mass is 735 g/mol. The summed E-state index contributed by atoms with van der Waals surface area (Å²) in [5.41, 5.74) is 13.9. The van der Waals surface area contributed by atoms with Crippen LogP contribution in [0, 0.1) is 0 Å². The van der Waals surface area contributed by atoms with E-state index in [-0.39, 0.29) is 5.78 Å². The standard InChI is InChI=1S/C43H53N5O6/c1-46(2)35-18-14-32(15-19-35)40-41(33-16-20-36(21-17-33)47(3)4)48(43(45-40)34-27-38(50-5)42(52-7)39(28-34)51-6)29-30-10-12-31(13-11-30)37(49)9-8-23-53-25-26-54-24-22-44/h10-21,27-28H,8-9,22-26,29,44H2,1-7H3. The normalized spacial score (nSPS) is 11.0. The summed E-state index contributed by atoms with van der Waals surface area (Å²) in [6.45, 7) is 2.97. The van der Waals surface area contributed by atoms with Gasteiger partial charge in [0.1, 0.15) is 5.82 Å². The van der Waals surface area contributed by atoms with Crippen LogP contribution in [0.5, 0.6) is 17.2 Å². The molecule has 1 heterocycles. The van der Waals surface area contributed by atoms with Gasteiger partial charge in [-0.3, -0.25) is 4.79 Å². The maximum atomic E-state index is 13.1. The minimum atomic E-state index is 0.0791. The number of imidazole rings is 1. The maximum absolute atomic E-state index is 13.1. The molecule has 0 fully saturated rings. The molecule has 0 aliphatic rings. The van der Waals surface area contributed by atoms with Crippen molar-refractivity contribution < 1.29 is 28.5 Å². The second kappa shape index (κ2) is 19.1. The van der Waals surface area contributed by atoms with Crippen molar-refractivity contribution in [2.75, 3.05) is 92.3 Å². The third-order valence-corrected chi connectivity index (χ3v) is 9.15. The number of carbonyl (C=O) groups excluding carboxylic acids is 1. The SMILES string of the molecule is COc1cc(-c2nc(-c3ccc(N(C)C)cc3)c(-c3ccc(N(C)C)cc3)n2Cc2ccc(C(=O)CCCOCCOCCN)cc2)cc(OC)c1OC. The molecular formula is C43H53N5O6. The second-order valence-corrected chi connectivity index (χ2v) is 13.3. The van der Waals surface area contributed by atoms with Crippen molar-refractivity contribution in [1.82, 2.24) is 9.55 Å². The average molecular weight is 736 g/mol. The van der Waals surface area contributed by atoms with Gasteiger partial charge in [0.15, 0.2) is 17.3 Å². The number of hydrogen-bond acceptors (Lipinski definition) is 10. The summed E-state index contributed by atoms with van der Waals surface area (Å²) in [6.07, 6.45) is 1.04. The molecule has 0 atom stereocenters. The van der Waals surface area contributed by atoms with Crippen molar-refractivity contribution in [2.24, 2.45) is 5.73 Å². The van der Waals surface area contributed by atoms with Crippen molar-refractivity contribution in [3.8, 4) is 51.2 Å². The van der Waals surface area contributed by atoms with Crippen molar-refractivity contribution in [3.05, 3.63) is 96.1 Å². The first-order valence-corrected chi connectivity index (χ1v) is 18.1. The van der Waals surface area contributed by atoms with Gasteiger partial charge in [-0.1, -0.05) is 48.5 Å². The van der Waals surface area contributed by atoms with Crippen molar-refractivity contribution in [1.29, 1.82) is 0 Å². The number of hydrogen-bond donors (Lipinski definition) is 1. The zero-order chi connectivity index (χ0) is 38.6. The molecular weight excluding hydrogens is 683 g/mol.